The van der Waals surface area contributed by atoms with Gasteiger partial charge in [0.05, 0.1) is 11.5 Å². The molecular weight excluding hydrogens is 298 g/mol. The lowest BCUT2D eigenvalue weighted by Crippen LogP contribution is -2.27. The molecule has 3 rings (SSSR count). The van der Waals surface area contributed by atoms with E-state index in [1.54, 1.807) is 24.3 Å². The summed E-state index contributed by atoms with van der Waals surface area (Å²) in [4.78, 5) is 23.8. The molecule has 1 saturated carbocycles. The van der Waals surface area contributed by atoms with E-state index in [9.17, 15) is 14.9 Å². The van der Waals surface area contributed by atoms with Gasteiger partial charge in [0.1, 0.15) is 0 Å². The summed E-state index contributed by atoms with van der Waals surface area (Å²) in [5.41, 5.74) is 5.95. The number of anilines is 1. The number of hydrogen-bond donors (Lipinski definition) is 1. The van der Waals surface area contributed by atoms with Gasteiger partial charge in [0.15, 0.2) is 11.5 Å². The van der Waals surface area contributed by atoms with Crippen LogP contribution in [-0.2, 0) is 6.54 Å². The van der Waals surface area contributed by atoms with E-state index in [1.165, 1.54) is 12.1 Å². The summed E-state index contributed by atoms with van der Waals surface area (Å²) in [7, 11) is 0. The van der Waals surface area contributed by atoms with Crippen molar-refractivity contribution in [2.45, 2.75) is 25.4 Å². The minimum absolute atomic E-state index is 0.0832. The second-order valence-electron chi connectivity index (χ2n) is 5.39. The number of nitrogens with two attached hydrogens (primary N) is 1. The SMILES string of the molecule is NC(=O)c1ccc(N(Cc2ccccc2[N+](=O)[O-])C2CC2)nn1. The van der Waals surface area contributed by atoms with Gasteiger partial charge in [-0.25, -0.2) is 0 Å². The molecule has 1 heterocycles. The van der Waals surface area contributed by atoms with E-state index in [2.05, 4.69) is 10.2 Å². The molecule has 1 aliphatic carbocycles. The second-order valence-corrected chi connectivity index (χ2v) is 5.39. The number of rotatable bonds is 6. The summed E-state index contributed by atoms with van der Waals surface area (Å²) < 4.78 is 0. The van der Waals surface area contributed by atoms with E-state index < -0.39 is 5.91 Å². The molecule has 1 fully saturated rings. The van der Waals surface area contributed by atoms with Crippen molar-refractivity contribution in [2.24, 2.45) is 5.73 Å². The predicted octanol–water partition coefficient (Wildman–Crippen LogP) is 1.65. The number of primary amides is 1. The number of nitro benzene ring substituents is 1. The summed E-state index contributed by atoms with van der Waals surface area (Å²) in [6.45, 7) is 0.367. The molecule has 0 bridgehead atoms. The lowest BCUT2D eigenvalue weighted by molar-refractivity contribution is -0.385. The molecule has 2 aromatic rings. The number of nitrogens with zero attached hydrogens (tertiary/aromatic N) is 4. The largest absolute Gasteiger partial charge is 0.364 e. The molecule has 118 valence electrons. The maximum Gasteiger partial charge on any atom is 0.274 e. The molecule has 1 aromatic heterocycles. The Morgan fingerprint density at radius 3 is 2.57 bits per heavy atom. The van der Waals surface area contributed by atoms with Gasteiger partial charge in [-0.1, -0.05) is 18.2 Å². The summed E-state index contributed by atoms with van der Waals surface area (Å²) in [6, 6.07) is 10.1. The van der Waals surface area contributed by atoms with Crippen molar-refractivity contribution in [3.05, 3.63) is 57.8 Å². The first kappa shape index (κ1) is 14.9. The van der Waals surface area contributed by atoms with E-state index in [4.69, 9.17) is 5.73 Å². The molecule has 0 atom stereocenters. The average molecular weight is 313 g/mol. The van der Waals surface area contributed by atoms with Crippen molar-refractivity contribution < 1.29 is 9.72 Å². The van der Waals surface area contributed by atoms with Gasteiger partial charge in [0, 0.05) is 17.7 Å². The Hall–Kier alpha value is -3.03. The van der Waals surface area contributed by atoms with Gasteiger partial charge in [0.2, 0.25) is 0 Å². The molecule has 0 aliphatic heterocycles. The van der Waals surface area contributed by atoms with Gasteiger partial charge in [0.25, 0.3) is 11.6 Å². The minimum Gasteiger partial charge on any atom is -0.364 e. The molecule has 1 aliphatic rings. The summed E-state index contributed by atoms with van der Waals surface area (Å²) in [6.07, 6.45) is 2.00. The maximum atomic E-state index is 11.2. The van der Waals surface area contributed by atoms with E-state index >= 15 is 0 Å². The van der Waals surface area contributed by atoms with Gasteiger partial charge >= 0.3 is 0 Å². The number of amides is 1. The van der Waals surface area contributed by atoms with Crippen LogP contribution in [0.25, 0.3) is 0 Å². The monoisotopic (exact) mass is 313 g/mol. The normalized spacial score (nSPS) is 13.6. The zero-order valence-electron chi connectivity index (χ0n) is 12.3. The maximum absolute atomic E-state index is 11.2. The Balaban J connectivity index is 1.88. The zero-order chi connectivity index (χ0) is 16.4. The fourth-order valence-electron chi connectivity index (χ4n) is 2.40. The molecule has 1 amide bonds. The van der Waals surface area contributed by atoms with Gasteiger partial charge in [-0.2, -0.15) is 0 Å². The molecule has 0 spiro atoms. The van der Waals surface area contributed by atoms with Crippen LogP contribution in [0.15, 0.2) is 36.4 Å². The van der Waals surface area contributed by atoms with Crippen LogP contribution in [0.4, 0.5) is 11.5 Å². The zero-order valence-corrected chi connectivity index (χ0v) is 12.3. The van der Waals surface area contributed by atoms with Crippen molar-refractivity contribution >= 4 is 17.4 Å². The van der Waals surface area contributed by atoms with E-state index in [1.807, 2.05) is 4.90 Å². The van der Waals surface area contributed by atoms with Crippen LogP contribution in [0.2, 0.25) is 0 Å². The first-order valence-corrected chi connectivity index (χ1v) is 7.18. The second kappa shape index (κ2) is 5.99. The molecule has 2 N–H and O–H groups in total. The van der Waals surface area contributed by atoms with Gasteiger partial charge < -0.3 is 10.6 Å². The van der Waals surface area contributed by atoms with E-state index in [0.717, 1.165) is 12.8 Å². The molecule has 1 aromatic carbocycles. The number of hydrogen-bond acceptors (Lipinski definition) is 6. The average Bonchev–Trinajstić information content (AvgIpc) is 3.37. The number of nitro groups is 1. The van der Waals surface area contributed by atoms with Crippen LogP contribution in [0.5, 0.6) is 0 Å². The molecule has 0 unspecified atom stereocenters. The van der Waals surface area contributed by atoms with Crippen LogP contribution in [0, 0.1) is 10.1 Å². The van der Waals surface area contributed by atoms with Crippen LogP contribution in [-0.4, -0.2) is 27.1 Å². The standard InChI is InChI=1S/C15H15N5O3/c16-15(21)12-7-8-14(18-17-12)19(11-5-6-11)9-10-3-1-2-4-13(10)20(22)23/h1-4,7-8,11H,5-6,9H2,(H2,16,21). The van der Waals surface area contributed by atoms with Crippen molar-refractivity contribution in [1.82, 2.24) is 10.2 Å². The van der Waals surface area contributed by atoms with Crippen molar-refractivity contribution in [2.75, 3.05) is 4.90 Å². The number of aromatic nitrogens is 2. The highest BCUT2D eigenvalue weighted by atomic mass is 16.6. The Kier molecular flexibility index (Phi) is 3.88. The lowest BCUT2D eigenvalue weighted by Gasteiger charge is -2.23. The summed E-state index contributed by atoms with van der Waals surface area (Å²) >= 11 is 0. The first-order valence-electron chi connectivity index (χ1n) is 7.18. The summed E-state index contributed by atoms with van der Waals surface area (Å²) in [5, 5.41) is 19.0. The molecular formula is C15H15N5O3. The Morgan fingerprint density at radius 2 is 2.00 bits per heavy atom. The smallest absolute Gasteiger partial charge is 0.274 e. The number of para-hydroxylation sites is 1. The minimum atomic E-state index is -0.638. The van der Waals surface area contributed by atoms with Crippen LogP contribution >= 0.6 is 0 Å². The Labute approximate surface area is 132 Å². The third-order valence-electron chi connectivity index (χ3n) is 3.71. The summed E-state index contributed by atoms with van der Waals surface area (Å²) in [5.74, 6) is -0.0589. The highest BCUT2D eigenvalue weighted by Crippen LogP contribution is 2.33. The molecule has 8 heteroatoms. The number of benzene rings is 1. The van der Waals surface area contributed by atoms with Gasteiger partial charge in [-0.15, -0.1) is 10.2 Å². The van der Waals surface area contributed by atoms with Crippen LogP contribution in [0.1, 0.15) is 28.9 Å². The fraction of sp³-hybridized carbons (Fsp3) is 0.267. The first-order chi connectivity index (χ1) is 11.1. The van der Waals surface area contributed by atoms with E-state index in [0.29, 0.717) is 17.9 Å². The van der Waals surface area contributed by atoms with E-state index in [-0.39, 0.29) is 22.3 Å². The van der Waals surface area contributed by atoms with Crippen molar-refractivity contribution in [1.29, 1.82) is 0 Å². The molecule has 0 radical (unpaired) electrons. The Morgan fingerprint density at radius 1 is 1.26 bits per heavy atom. The Bertz CT molecular complexity index is 743. The van der Waals surface area contributed by atoms with Crippen molar-refractivity contribution in [3.8, 4) is 0 Å². The predicted molar refractivity (Wildman–Crippen MR) is 82.9 cm³/mol. The van der Waals surface area contributed by atoms with Crippen LogP contribution < -0.4 is 10.6 Å². The van der Waals surface area contributed by atoms with Crippen LogP contribution in [0.3, 0.4) is 0 Å². The molecule has 8 nitrogen and oxygen atoms in total. The highest BCUT2D eigenvalue weighted by molar-refractivity contribution is 5.90. The fourth-order valence-corrected chi connectivity index (χ4v) is 2.40. The molecule has 23 heavy (non-hydrogen) atoms. The topological polar surface area (TPSA) is 115 Å². The third-order valence-corrected chi connectivity index (χ3v) is 3.71. The van der Waals surface area contributed by atoms with Gasteiger partial charge in [-0.05, 0) is 25.0 Å². The van der Waals surface area contributed by atoms with Gasteiger partial charge in [-0.3, -0.25) is 14.9 Å². The molecule has 0 saturated heterocycles. The quantitative estimate of drug-likeness (QED) is 0.640. The van der Waals surface area contributed by atoms with Crippen molar-refractivity contribution in [3.63, 3.8) is 0 Å². The number of carbonyl (C=O) groups is 1. The highest BCUT2D eigenvalue weighted by Gasteiger charge is 2.31. The lowest BCUT2D eigenvalue weighted by atomic mass is 10.1. The third kappa shape index (κ3) is 3.25. The number of carbonyl (C=O) groups excluding carboxylic acids is 1.